The number of morpholine rings is 1. The Morgan fingerprint density at radius 2 is 1.75 bits per heavy atom. The second-order valence-electron chi connectivity index (χ2n) is 3.29. The van der Waals surface area contributed by atoms with Gasteiger partial charge in [0.2, 0.25) is 0 Å². The van der Waals surface area contributed by atoms with Crippen molar-refractivity contribution in [2.45, 2.75) is 32.4 Å². The Balaban J connectivity index is 2.51. The van der Waals surface area contributed by atoms with Gasteiger partial charge in [-0.05, 0) is 12.8 Å². The molecule has 72 valence electrons. The van der Waals surface area contributed by atoms with Crippen LogP contribution in [0, 0.1) is 0 Å². The first kappa shape index (κ1) is 9.96. The van der Waals surface area contributed by atoms with Crippen LogP contribution in [0.3, 0.4) is 0 Å². The van der Waals surface area contributed by atoms with Crippen molar-refractivity contribution in [1.29, 1.82) is 0 Å². The lowest BCUT2D eigenvalue weighted by atomic mass is 10.1. The molecule has 0 aromatic rings. The highest BCUT2D eigenvalue weighted by Gasteiger charge is 2.31. The SMILES string of the molecule is CCC(O)(CC)N1CCOCC1. The van der Waals surface area contributed by atoms with Gasteiger partial charge in [-0.1, -0.05) is 13.8 Å². The normalized spacial score (nSPS) is 21.2. The molecule has 0 aromatic carbocycles. The maximum Gasteiger partial charge on any atom is 0.118 e. The average molecular weight is 173 g/mol. The topological polar surface area (TPSA) is 32.7 Å². The first-order valence-corrected chi connectivity index (χ1v) is 4.78. The lowest BCUT2D eigenvalue weighted by Gasteiger charge is -2.40. The second kappa shape index (κ2) is 4.21. The molecule has 1 saturated heterocycles. The van der Waals surface area contributed by atoms with Crippen LogP contribution in [-0.2, 0) is 4.74 Å². The van der Waals surface area contributed by atoms with Crippen LogP contribution >= 0.6 is 0 Å². The highest BCUT2D eigenvalue weighted by molar-refractivity contribution is 4.78. The highest BCUT2D eigenvalue weighted by Crippen LogP contribution is 2.21. The van der Waals surface area contributed by atoms with Gasteiger partial charge < -0.3 is 9.84 Å². The summed E-state index contributed by atoms with van der Waals surface area (Å²) in [5.74, 6) is 0. The Hall–Kier alpha value is -0.120. The van der Waals surface area contributed by atoms with Crippen molar-refractivity contribution >= 4 is 0 Å². The van der Waals surface area contributed by atoms with Crippen LogP contribution in [0.25, 0.3) is 0 Å². The van der Waals surface area contributed by atoms with Gasteiger partial charge >= 0.3 is 0 Å². The molecule has 1 heterocycles. The maximum absolute atomic E-state index is 10.1. The van der Waals surface area contributed by atoms with Crippen LogP contribution in [0.4, 0.5) is 0 Å². The number of nitrogens with zero attached hydrogens (tertiary/aromatic N) is 1. The van der Waals surface area contributed by atoms with Crippen molar-refractivity contribution in [2.24, 2.45) is 0 Å². The predicted molar refractivity (Wildman–Crippen MR) is 47.9 cm³/mol. The minimum absolute atomic E-state index is 0.593. The van der Waals surface area contributed by atoms with E-state index in [0.29, 0.717) is 0 Å². The first-order chi connectivity index (χ1) is 5.73. The number of aliphatic hydroxyl groups is 1. The fourth-order valence-corrected chi connectivity index (χ4v) is 1.68. The molecule has 0 amide bonds. The molecule has 0 aliphatic carbocycles. The van der Waals surface area contributed by atoms with Crippen molar-refractivity contribution in [2.75, 3.05) is 26.3 Å². The summed E-state index contributed by atoms with van der Waals surface area (Å²) < 4.78 is 5.23. The summed E-state index contributed by atoms with van der Waals surface area (Å²) in [4.78, 5) is 2.12. The van der Waals surface area contributed by atoms with Gasteiger partial charge in [-0.25, -0.2) is 0 Å². The van der Waals surface area contributed by atoms with Crippen LogP contribution in [0.5, 0.6) is 0 Å². The van der Waals surface area contributed by atoms with Gasteiger partial charge in [0.05, 0.1) is 13.2 Å². The molecule has 3 heteroatoms. The molecule has 1 N–H and O–H groups in total. The summed E-state index contributed by atoms with van der Waals surface area (Å²) in [7, 11) is 0. The Morgan fingerprint density at radius 1 is 1.25 bits per heavy atom. The number of ether oxygens (including phenoxy) is 1. The fraction of sp³-hybridized carbons (Fsp3) is 1.00. The van der Waals surface area contributed by atoms with Crippen molar-refractivity contribution < 1.29 is 9.84 Å². The highest BCUT2D eigenvalue weighted by atomic mass is 16.5. The predicted octanol–water partition coefficient (Wildman–Crippen LogP) is 0.827. The molecule has 0 bridgehead atoms. The maximum atomic E-state index is 10.1. The molecule has 12 heavy (non-hydrogen) atoms. The van der Waals surface area contributed by atoms with E-state index < -0.39 is 5.72 Å². The van der Waals surface area contributed by atoms with Crippen molar-refractivity contribution in [3.63, 3.8) is 0 Å². The smallest absolute Gasteiger partial charge is 0.118 e. The van der Waals surface area contributed by atoms with Crippen LogP contribution in [0.2, 0.25) is 0 Å². The van der Waals surface area contributed by atoms with E-state index in [9.17, 15) is 5.11 Å². The number of hydrogen-bond acceptors (Lipinski definition) is 3. The van der Waals surface area contributed by atoms with Crippen molar-refractivity contribution in [3.05, 3.63) is 0 Å². The van der Waals surface area contributed by atoms with Crippen LogP contribution in [0.15, 0.2) is 0 Å². The molecular formula is C9H19NO2. The summed E-state index contributed by atoms with van der Waals surface area (Å²) in [6.45, 7) is 7.28. The summed E-state index contributed by atoms with van der Waals surface area (Å²) in [6, 6.07) is 0. The van der Waals surface area contributed by atoms with Crippen molar-refractivity contribution in [1.82, 2.24) is 4.90 Å². The lowest BCUT2D eigenvalue weighted by Crippen LogP contribution is -2.52. The van der Waals surface area contributed by atoms with Gasteiger partial charge in [-0.3, -0.25) is 4.90 Å². The molecule has 0 radical (unpaired) electrons. The van der Waals surface area contributed by atoms with Crippen LogP contribution in [0.1, 0.15) is 26.7 Å². The number of rotatable bonds is 3. The molecule has 0 saturated carbocycles. The Kier molecular flexibility index (Phi) is 3.50. The molecule has 3 nitrogen and oxygen atoms in total. The quantitative estimate of drug-likeness (QED) is 0.686. The Labute approximate surface area is 74.3 Å². The second-order valence-corrected chi connectivity index (χ2v) is 3.29. The van der Waals surface area contributed by atoms with Crippen LogP contribution < -0.4 is 0 Å². The summed E-state index contributed by atoms with van der Waals surface area (Å²) in [5.41, 5.74) is -0.593. The molecule has 0 atom stereocenters. The molecule has 1 rings (SSSR count). The van der Waals surface area contributed by atoms with Gasteiger partial charge in [0.1, 0.15) is 5.72 Å². The zero-order valence-electron chi connectivity index (χ0n) is 8.05. The molecule has 1 aliphatic rings. The van der Waals surface area contributed by atoms with Gasteiger partial charge in [-0.15, -0.1) is 0 Å². The van der Waals surface area contributed by atoms with Gasteiger partial charge in [0, 0.05) is 13.1 Å². The molecule has 1 aliphatic heterocycles. The van der Waals surface area contributed by atoms with Gasteiger partial charge in [-0.2, -0.15) is 0 Å². The molecule has 0 spiro atoms. The van der Waals surface area contributed by atoms with E-state index in [0.717, 1.165) is 39.1 Å². The largest absolute Gasteiger partial charge is 0.379 e. The van der Waals surface area contributed by atoms with Gasteiger partial charge in [0.15, 0.2) is 0 Å². The van der Waals surface area contributed by atoms with E-state index in [1.165, 1.54) is 0 Å². The summed E-state index contributed by atoms with van der Waals surface area (Å²) in [5, 5.41) is 10.1. The standard InChI is InChI=1S/C9H19NO2/c1-3-9(11,4-2)10-5-7-12-8-6-10/h11H,3-8H2,1-2H3. The zero-order chi connectivity index (χ0) is 9.03. The van der Waals surface area contributed by atoms with E-state index in [4.69, 9.17) is 4.74 Å². The third-order valence-electron chi connectivity index (χ3n) is 2.73. The van der Waals surface area contributed by atoms with E-state index in [-0.39, 0.29) is 0 Å². The average Bonchev–Trinajstić information content (AvgIpc) is 2.18. The Bertz CT molecular complexity index is 128. The molecule has 0 aromatic heterocycles. The van der Waals surface area contributed by atoms with Crippen LogP contribution in [-0.4, -0.2) is 42.0 Å². The lowest BCUT2D eigenvalue weighted by molar-refractivity contribution is -0.144. The first-order valence-electron chi connectivity index (χ1n) is 4.78. The Morgan fingerprint density at radius 3 is 2.17 bits per heavy atom. The molecule has 1 fully saturated rings. The molecular weight excluding hydrogens is 154 g/mol. The minimum Gasteiger partial charge on any atom is -0.379 e. The van der Waals surface area contributed by atoms with E-state index in [1.807, 2.05) is 13.8 Å². The third kappa shape index (κ3) is 1.97. The summed E-state index contributed by atoms with van der Waals surface area (Å²) >= 11 is 0. The number of hydrogen-bond donors (Lipinski definition) is 1. The van der Waals surface area contributed by atoms with E-state index >= 15 is 0 Å². The monoisotopic (exact) mass is 173 g/mol. The molecule has 0 unspecified atom stereocenters. The minimum atomic E-state index is -0.593. The van der Waals surface area contributed by atoms with Gasteiger partial charge in [0.25, 0.3) is 0 Å². The summed E-state index contributed by atoms with van der Waals surface area (Å²) in [6.07, 6.45) is 1.59. The zero-order valence-corrected chi connectivity index (χ0v) is 8.05. The fourth-order valence-electron chi connectivity index (χ4n) is 1.68. The van der Waals surface area contributed by atoms with E-state index in [2.05, 4.69) is 4.90 Å². The third-order valence-corrected chi connectivity index (χ3v) is 2.73. The van der Waals surface area contributed by atoms with E-state index in [1.54, 1.807) is 0 Å². The van der Waals surface area contributed by atoms with Crippen molar-refractivity contribution in [3.8, 4) is 0 Å².